The van der Waals surface area contributed by atoms with E-state index in [0.29, 0.717) is 11.4 Å². The second kappa shape index (κ2) is 3.79. The van der Waals surface area contributed by atoms with Crippen LogP contribution in [0.15, 0.2) is 0 Å². The van der Waals surface area contributed by atoms with Gasteiger partial charge in [0.25, 0.3) is 0 Å². The number of aromatic nitrogens is 3. The standard InChI is InChI=1S/C7H9N3O3/c1-4-5(3-6(11)12)9-10-7(8-4)13-2/h3H2,1-2H3,(H,11,12). The van der Waals surface area contributed by atoms with Gasteiger partial charge in [-0.2, -0.15) is 4.98 Å². The van der Waals surface area contributed by atoms with E-state index in [9.17, 15) is 4.79 Å². The molecule has 0 fully saturated rings. The van der Waals surface area contributed by atoms with Crippen molar-refractivity contribution in [1.29, 1.82) is 0 Å². The first-order valence-corrected chi connectivity index (χ1v) is 3.59. The number of hydrogen-bond acceptors (Lipinski definition) is 5. The molecule has 6 nitrogen and oxygen atoms in total. The van der Waals surface area contributed by atoms with E-state index >= 15 is 0 Å². The monoisotopic (exact) mass is 183 g/mol. The van der Waals surface area contributed by atoms with Crippen molar-refractivity contribution in [3.05, 3.63) is 11.4 Å². The second-order valence-electron chi connectivity index (χ2n) is 2.40. The molecule has 1 aromatic rings. The number of ether oxygens (including phenoxy) is 1. The van der Waals surface area contributed by atoms with Crippen LogP contribution in [0.1, 0.15) is 11.4 Å². The Balaban J connectivity index is 2.91. The summed E-state index contributed by atoms with van der Waals surface area (Å²) in [5, 5.41) is 15.7. The molecular weight excluding hydrogens is 174 g/mol. The minimum Gasteiger partial charge on any atom is -0.481 e. The Morgan fingerprint density at radius 2 is 2.23 bits per heavy atom. The van der Waals surface area contributed by atoms with Crippen molar-refractivity contribution in [3.63, 3.8) is 0 Å². The minimum absolute atomic E-state index is 0.145. The molecule has 1 heterocycles. The molecule has 0 aliphatic heterocycles. The van der Waals surface area contributed by atoms with Crippen LogP contribution < -0.4 is 4.74 Å². The van der Waals surface area contributed by atoms with Crippen molar-refractivity contribution in [1.82, 2.24) is 15.2 Å². The van der Waals surface area contributed by atoms with E-state index < -0.39 is 5.97 Å². The predicted molar refractivity (Wildman–Crippen MR) is 42.5 cm³/mol. The third-order valence-electron chi connectivity index (χ3n) is 1.44. The van der Waals surface area contributed by atoms with Crippen molar-refractivity contribution < 1.29 is 14.6 Å². The summed E-state index contributed by atoms with van der Waals surface area (Å²) in [4.78, 5) is 14.2. The maximum atomic E-state index is 10.3. The van der Waals surface area contributed by atoms with Crippen molar-refractivity contribution in [2.75, 3.05) is 7.11 Å². The number of methoxy groups -OCH3 is 1. The lowest BCUT2D eigenvalue weighted by Crippen LogP contribution is -2.08. The highest BCUT2D eigenvalue weighted by Gasteiger charge is 2.08. The van der Waals surface area contributed by atoms with Crippen LogP contribution in [-0.2, 0) is 11.2 Å². The number of carboxylic acids is 1. The average Bonchev–Trinajstić information content (AvgIpc) is 2.08. The van der Waals surface area contributed by atoms with E-state index in [0.717, 1.165) is 0 Å². The second-order valence-corrected chi connectivity index (χ2v) is 2.40. The van der Waals surface area contributed by atoms with Gasteiger partial charge in [0.05, 0.1) is 24.9 Å². The fourth-order valence-electron chi connectivity index (χ4n) is 0.799. The molecule has 1 N–H and O–H groups in total. The van der Waals surface area contributed by atoms with E-state index in [1.807, 2.05) is 0 Å². The van der Waals surface area contributed by atoms with E-state index in [1.165, 1.54) is 7.11 Å². The zero-order chi connectivity index (χ0) is 9.84. The molecule has 0 saturated heterocycles. The molecule has 0 atom stereocenters. The lowest BCUT2D eigenvalue weighted by atomic mass is 10.2. The van der Waals surface area contributed by atoms with Crippen LogP contribution in [0.5, 0.6) is 6.01 Å². The van der Waals surface area contributed by atoms with E-state index in [4.69, 9.17) is 9.84 Å². The van der Waals surface area contributed by atoms with Gasteiger partial charge in [-0.25, -0.2) is 0 Å². The number of rotatable bonds is 3. The molecule has 70 valence electrons. The molecule has 0 unspecified atom stereocenters. The van der Waals surface area contributed by atoms with Gasteiger partial charge in [0.2, 0.25) is 0 Å². The third-order valence-corrected chi connectivity index (χ3v) is 1.44. The van der Waals surface area contributed by atoms with Gasteiger partial charge in [-0.3, -0.25) is 4.79 Å². The first-order valence-electron chi connectivity index (χ1n) is 3.59. The highest BCUT2D eigenvalue weighted by Crippen LogP contribution is 2.05. The van der Waals surface area contributed by atoms with Crippen molar-refractivity contribution in [2.24, 2.45) is 0 Å². The van der Waals surface area contributed by atoms with E-state index in [-0.39, 0.29) is 12.4 Å². The van der Waals surface area contributed by atoms with Gasteiger partial charge in [0, 0.05) is 0 Å². The third kappa shape index (κ3) is 2.36. The fourth-order valence-corrected chi connectivity index (χ4v) is 0.799. The highest BCUT2D eigenvalue weighted by molar-refractivity contribution is 5.69. The van der Waals surface area contributed by atoms with Gasteiger partial charge in [0.1, 0.15) is 0 Å². The Bertz CT molecular complexity index is 327. The van der Waals surface area contributed by atoms with E-state index in [1.54, 1.807) is 6.92 Å². The number of nitrogens with zero attached hydrogens (tertiary/aromatic N) is 3. The highest BCUT2D eigenvalue weighted by atomic mass is 16.5. The van der Waals surface area contributed by atoms with Gasteiger partial charge < -0.3 is 9.84 Å². The van der Waals surface area contributed by atoms with Gasteiger partial charge in [-0.05, 0) is 6.92 Å². The van der Waals surface area contributed by atoms with Crippen LogP contribution in [-0.4, -0.2) is 33.4 Å². The van der Waals surface area contributed by atoms with Crippen molar-refractivity contribution in [2.45, 2.75) is 13.3 Å². The fraction of sp³-hybridized carbons (Fsp3) is 0.429. The van der Waals surface area contributed by atoms with Gasteiger partial charge in [0.15, 0.2) is 0 Å². The topological polar surface area (TPSA) is 85.2 Å². The van der Waals surface area contributed by atoms with E-state index in [2.05, 4.69) is 15.2 Å². The van der Waals surface area contributed by atoms with Crippen LogP contribution in [0.3, 0.4) is 0 Å². The lowest BCUT2D eigenvalue weighted by molar-refractivity contribution is -0.136. The molecule has 0 aliphatic rings. The molecule has 0 aliphatic carbocycles. The quantitative estimate of drug-likeness (QED) is 0.699. The molecular formula is C7H9N3O3. The minimum atomic E-state index is -0.954. The molecule has 1 aromatic heterocycles. The zero-order valence-electron chi connectivity index (χ0n) is 7.31. The summed E-state index contributed by atoms with van der Waals surface area (Å²) >= 11 is 0. The smallest absolute Gasteiger partial charge is 0.335 e. The van der Waals surface area contributed by atoms with Crippen molar-refractivity contribution >= 4 is 5.97 Å². The first-order chi connectivity index (χ1) is 6.13. The number of aryl methyl sites for hydroxylation is 1. The zero-order valence-corrected chi connectivity index (χ0v) is 7.31. The summed E-state index contributed by atoms with van der Waals surface area (Å²) in [6.07, 6.45) is -0.171. The summed E-state index contributed by atoms with van der Waals surface area (Å²) in [6.45, 7) is 1.66. The summed E-state index contributed by atoms with van der Waals surface area (Å²) in [6, 6.07) is 0.145. The Hall–Kier alpha value is -1.72. The number of carbonyl (C=O) groups is 1. The Labute approximate surface area is 74.6 Å². The van der Waals surface area contributed by atoms with Gasteiger partial charge in [-0.1, -0.05) is 5.10 Å². The van der Waals surface area contributed by atoms with Crippen LogP contribution in [0.4, 0.5) is 0 Å². The molecule has 0 saturated carbocycles. The molecule has 13 heavy (non-hydrogen) atoms. The predicted octanol–water partition coefficient (Wildman–Crippen LogP) is -0.184. The summed E-state index contributed by atoms with van der Waals surface area (Å²) < 4.78 is 4.72. The molecule has 0 aromatic carbocycles. The van der Waals surface area contributed by atoms with Crippen LogP contribution in [0, 0.1) is 6.92 Å². The summed E-state index contributed by atoms with van der Waals surface area (Å²) in [5.74, 6) is -0.954. The number of hydrogen-bond donors (Lipinski definition) is 1. The SMILES string of the molecule is COc1nnc(CC(=O)O)c(C)n1. The van der Waals surface area contributed by atoms with Gasteiger partial charge >= 0.3 is 12.0 Å². The molecule has 0 amide bonds. The maximum absolute atomic E-state index is 10.3. The van der Waals surface area contributed by atoms with Gasteiger partial charge in [-0.15, -0.1) is 5.10 Å². The largest absolute Gasteiger partial charge is 0.481 e. The Morgan fingerprint density at radius 1 is 1.54 bits per heavy atom. The summed E-state index contributed by atoms with van der Waals surface area (Å²) in [5.41, 5.74) is 0.877. The Morgan fingerprint density at radius 3 is 2.69 bits per heavy atom. The number of carboxylic acid groups (broad SMARTS) is 1. The first kappa shape index (κ1) is 9.37. The normalized spacial score (nSPS) is 9.69. The van der Waals surface area contributed by atoms with Crippen molar-refractivity contribution in [3.8, 4) is 6.01 Å². The average molecular weight is 183 g/mol. The maximum Gasteiger partial charge on any atom is 0.335 e. The van der Waals surface area contributed by atoms with Crippen LogP contribution in [0.25, 0.3) is 0 Å². The molecule has 0 radical (unpaired) electrons. The van der Waals surface area contributed by atoms with Crippen LogP contribution >= 0.6 is 0 Å². The number of aliphatic carboxylic acids is 1. The molecule has 0 bridgehead atoms. The molecule has 0 spiro atoms. The molecule has 1 rings (SSSR count). The Kier molecular flexibility index (Phi) is 2.73. The van der Waals surface area contributed by atoms with Crippen LogP contribution in [0.2, 0.25) is 0 Å². The lowest BCUT2D eigenvalue weighted by Gasteiger charge is -2.01. The summed E-state index contributed by atoms with van der Waals surface area (Å²) in [7, 11) is 1.42. The molecule has 6 heteroatoms.